The Kier molecular flexibility index (Phi) is 5.29. The van der Waals surface area contributed by atoms with Crippen molar-refractivity contribution in [2.45, 2.75) is 30.8 Å². The van der Waals surface area contributed by atoms with Gasteiger partial charge in [0.1, 0.15) is 22.8 Å². The first kappa shape index (κ1) is 23.6. The molecule has 1 aliphatic carbocycles. The van der Waals surface area contributed by atoms with Gasteiger partial charge in [0.05, 0.1) is 38.6 Å². The number of anilines is 2. The average molecular weight is 527 g/mol. The molecule has 3 aromatic heterocycles. The van der Waals surface area contributed by atoms with E-state index >= 15 is 0 Å². The lowest BCUT2D eigenvalue weighted by Crippen LogP contribution is -2.39. The number of aryl methyl sites for hydroxylation is 1. The topological polar surface area (TPSA) is 104 Å². The molecule has 11 heteroatoms. The molecule has 1 saturated carbocycles. The van der Waals surface area contributed by atoms with Crippen LogP contribution in [0.2, 0.25) is 0 Å². The largest absolute Gasteiger partial charge is 0.497 e. The van der Waals surface area contributed by atoms with E-state index in [2.05, 4.69) is 21.5 Å². The molecule has 39 heavy (non-hydrogen) atoms. The van der Waals surface area contributed by atoms with Crippen LogP contribution in [0.25, 0.3) is 16.6 Å². The second kappa shape index (κ2) is 8.75. The molecule has 8 rings (SSSR count). The van der Waals surface area contributed by atoms with Crippen LogP contribution in [0.4, 0.5) is 11.6 Å². The van der Waals surface area contributed by atoms with Gasteiger partial charge in [-0.05, 0) is 37.1 Å². The van der Waals surface area contributed by atoms with Crippen LogP contribution in [-0.2, 0) is 19.0 Å². The van der Waals surface area contributed by atoms with Gasteiger partial charge >= 0.3 is 0 Å². The van der Waals surface area contributed by atoms with Gasteiger partial charge in [0.15, 0.2) is 11.5 Å². The molecule has 0 amide bonds. The van der Waals surface area contributed by atoms with Gasteiger partial charge in [-0.25, -0.2) is 9.97 Å². The van der Waals surface area contributed by atoms with E-state index < -0.39 is 0 Å². The lowest BCUT2D eigenvalue weighted by molar-refractivity contribution is 0.293. The molecule has 2 aromatic carbocycles. The summed E-state index contributed by atoms with van der Waals surface area (Å²) in [5.74, 6) is 3.61. The Bertz CT molecular complexity index is 1700. The number of fused-ring (bicyclic) bond motifs is 4. The maximum absolute atomic E-state index is 5.66. The van der Waals surface area contributed by atoms with Gasteiger partial charge in [-0.2, -0.15) is 9.61 Å². The summed E-state index contributed by atoms with van der Waals surface area (Å²) < 4.78 is 20.3. The quantitative estimate of drug-likeness (QED) is 0.325. The zero-order chi connectivity index (χ0) is 26.7. The molecule has 3 aliphatic rings. The Morgan fingerprint density at radius 1 is 1.03 bits per heavy atom. The number of hydrogen-bond acceptors (Lipinski definition) is 9. The molecule has 5 heterocycles. The van der Waals surface area contributed by atoms with E-state index in [1.165, 1.54) is 0 Å². The van der Waals surface area contributed by atoms with Crippen molar-refractivity contribution in [1.82, 2.24) is 29.4 Å². The zero-order valence-corrected chi connectivity index (χ0v) is 22.4. The van der Waals surface area contributed by atoms with Crippen molar-refractivity contribution < 1.29 is 14.2 Å². The van der Waals surface area contributed by atoms with Crippen molar-refractivity contribution in [3.8, 4) is 17.2 Å². The monoisotopic (exact) mass is 526 g/mol. The Labute approximate surface area is 225 Å². The highest BCUT2D eigenvalue weighted by atomic mass is 16.5. The molecule has 11 nitrogen and oxygen atoms in total. The van der Waals surface area contributed by atoms with Crippen LogP contribution >= 0.6 is 0 Å². The lowest BCUT2D eigenvalue weighted by Gasteiger charge is -2.34. The number of nitrogens with zero attached hydrogens (tertiary/aromatic N) is 7. The number of para-hydroxylation sites is 1. The van der Waals surface area contributed by atoms with Gasteiger partial charge in [-0.3, -0.25) is 4.68 Å². The second-order valence-electron chi connectivity index (χ2n) is 10.3. The van der Waals surface area contributed by atoms with Crippen LogP contribution in [0.5, 0.6) is 17.2 Å². The van der Waals surface area contributed by atoms with E-state index in [9.17, 15) is 0 Å². The van der Waals surface area contributed by atoms with E-state index in [0.717, 1.165) is 64.5 Å². The van der Waals surface area contributed by atoms with Crippen LogP contribution < -0.4 is 24.4 Å². The molecule has 0 radical (unpaired) electrons. The zero-order valence-electron chi connectivity index (χ0n) is 22.4. The normalized spacial score (nSPS) is 19.9. The Morgan fingerprint density at radius 3 is 2.62 bits per heavy atom. The Balaban J connectivity index is 1.29. The molecule has 0 unspecified atom stereocenters. The van der Waals surface area contributed by atoms with Crippen LogP contribution in [0.3, 0.4) is 0 Å². The number of benzene rings is 2. The standard InChI is InChI=1S/C28H30N8O3/c1-34-15-19(14-30-34)35-16-28(11-18(35)12-28)26-32-25-21-6-5-7-22(38-3)24(21)31-27(36(25)33-26)29-13-17-8-9-20(37-2)10-23(17)39-4/h5-10,14-15,18H,11-13,16H2,1-4H3,(H,29,31). The van der Waals surface area contributed by atoms with Crippen LogP contribution in [-0.4, -0.2) is 63.3 Å². The molecule has 200 valence electrons. The summed E-state index contributed by atoms with van der Waals surface area (Å²) in [5, 5.41) is 13.8. The summed E-state index contributed by atoms with van der Waals surface area (Å²) in [6, 6.07) is 12.1. The fraction of sp³-hybridized carbons (Fsp3) is 0.357. The van der Waals surface area contributed by atoms with Crippen molar-refractivity contribution in [3.63, 3.8) is 0 Å². The first-order valence-corrected chi connectivity index (χ1v) is 13.0. The van der Waals surface area contributed by atoms with Crippen LogP contribution in [0, 0.1) is 0 Å². The van der Waals surface area contributed by atoms with Gasteiger partial charge in [-0.1, -0.05) is 6.07 Å². The number of nitrogens with one attached hydrogen (secondary N) is 1. The molecule has 0 atom stereocenters. The predicted octanol–water partition coefficient (Wildman–Crippen LogP) is 3.57. The van der Waals surface area contributed by atoms with E-state index in [0.29, 0.717) is 24.3 Å². The minimum atomic E-state index is -0.0891. The molecular weight excluding hydrogens is 496 g/mol. The third-order valence-corrected chi connectivity index (χ3v) is 8.08. The maximum atomic E-state index is 5.66. The van der Waals surface area contributed by atoms with Crippen molar-refractivity contribution in [3.05, 3.63) is 60.2 Å². The van der Waals surface area contributed by atoms with Gasteiger partial charge in [0, 0.05) is 49.4 Å². The number of hydrogen-bond donors (Lipinski definition) is 1. The van der Waals surface area contributed by atoms with E-state index in [1.54, 1.807) is 21.3 Å². The average Bonchev–Trinajstić information content (AvgIpc) is 3.73. The SMILES string of the molecule is COc1ccc(CNc2nc3c(OC)cccc3c3nc(C45CC(C4)N(c4cnn(C)c4)C5)nn23)c(OC)c1. The number of ether oxygens (including phenoxy) is 3. The summed E-state index contributed by atoms with van der Waals surface area (Å²) in [6.07, 6.45) is 6.06. The highest BCUT2D eigenvalue weighted by molar-refractivity contribution is 5.96. The summed E-state index contributed by atoms with van der Waals surface area (Å²) in [4.78, 5) is 12.5. The third kappa shape index (κ3) is 3.63. The van der Waals surface area contributed by atoms with Crippen molar-refractivity contribution in [2.24, 2.45) is 7.05 Å². The van der Waals surface area contributed by atoms with Crippen LogP contribution in [0.1, 0.15) is 24.2 Å². The number of methoxy groups -OCH3 is 3. The third-order valence-electron chi connectivity index (χ3n) is 8.08. The highest BCUT2D eigenvalue weighted by Gasteiger charge is 2.58. The van der Waals surface area contributed by atoms with Gasteiger partial charge in [0.2, 0.25) is 5.95 Å². The maximum Gasteiger partial charge on any atom is 0.226 e. The molecule has 2 aliphatic heterocycles. The summed E-state index contributed by atoms with van der Waals surface area (Å²) in [7, 11) is 6.90. The fourth-order valence-electron chi connectivity index (χ4n) is 6.04. The van der Waals surface area contributed by atoms with Crippen molar-refractivity contribution >= 4 is 28.2 Å². The highest BCUT2D eigenvalue weighted by Crippen LogP contribution is 2.53. The summed E-state index contributed by atoms with van der Waals surface area (Å²) in [5.41, 5.74) is 3.53. The molecule has 2 bridgehead atoms. The van der Waals surface area contributed by atoms with Crippen molar-refractivity contribution in [1.29, 1.82) is 0 Å². The minimum Gasteiger partial charge on any atom is -0.497 e. The van der Waals surface area contributed by atoms with Gasteiger partial charge < -0.3 is 24.4 Å². The first-order valence-electron chi connectivity index (χ1n) is 13.0. The molecule has 5 aromatic rings. The second-order valence-corrected chi connectivity index (χ2v) is 10.3. The minimum absolute atomic E-state index is 0.0891. The first-order chi connectivity index (χ1) is 19.0. The number of rotatable bonds is 8. The molecule has 3 fully saturated rings. The fourth-order valence-corrected chi connectivity index (χ4v) is 6.04. The van der Waals surface area contributed by atoms with E-state index in [4.69, 9.17) is 29.3 Å². The van der Waals surface area contributed by atoms with Crippen molar-refractivity contribution in [2.75, 3.05) is 38.1 Å². The number of aromatic nitrogens is 6. The van der Waals surface area contributed by atoms with Gasteiger partial charge in [0.25, 0.3) is 0 Å². The van der Waals surface area contributed by atoms with Crippen LogP contribution in [0.15, 0.2) is 48.8 Å². The lowest BCUT2D eigenvalue weighted by atomic mass is 9.69. The predicted molar refractivity (Wildman–Crippen MR) is 147 cm³/mol. The molecule has 1 N–H and O–H groups in total. The molecule has 0 spiro atoms. The Morgan fingerprint density at radius 2 is 1.87 bits per heavy atom. The molecule has 2 saturated heterocycles. The summed E-state index contributed by atoms with van der Waals surface area (Å²) >= 11 is 0. The summed E-state index contributed by atoms with van der Waals surface area (Å²) in [6.45, 7) is 1.36. The Hall–Kier alpha value is -4.54. The van der Waals surface area contributed by atoms with Gasteiger partial charge in [-0.15, -0.1) is 5.10 Å². The smallest absolute Gasteiger partial charge is 0.226 e. The van der Waals surface area contributed by atoms with E-state index in [1.807, 2.05) is 58.8 Å². The molecular formula is C28H30N8O3. The van der Waals surface area contributed by atoms with E-state index in [-0.39, 0.29) is 5.41 Å².